The molecule has 20 rings (SSSR count). The number of hydrogen-bond donors (Lipinski definition) is 7. The number of hydrogen-bond acceptors (Lipinski definition) is 12. The number of carbonyl (C=O) groups is 5. The molecule has 5 heterocycles. The molecule has 0 saturated carbocycles. The second-order valence-corrected chi connectivity index (χ2v) is 48.2. The number of carboxylic acid groups (broad SMARTS) is 1. The fraction of sp³-hybridized carbons (Fsp3) is 0.454. The summed E-state index contributed by atoms with van der Waals surface area (Å²) in [5.41, 5.74) is 37.5. The van der Waals surface area contributed by atoms with E-state index in [0.29, 0.717) is 18.7 Å². The fourth-order valence-electron chi connectivity index (χ4n) is 23.5. The Hall–Kier alpha value is -10.5. The average molecular weight is 2050 g/mol. The molecule has 12 atom stereocenters. The smallest absolute Gasteiger partial charge is 0.310 e. The molecule has 0 bridgehead atoms. The first kappa shape index (κ1) is 111. The number of nitrogens with two attached hydrogens (primary N) is 3. The molecule has 5 aliphatic carbocycles. The lowest BCUT2D eigenvalue weighted by molar-refractivity contribution is -0.138. The molecule has 5 fully saturated rings. The van der Waals surface area contributed by atoms with E-state index in [1.807, 2.05) is 88.8 Å². The van der Waals surface area contributed by atoms with E-state index in [1.165, 1.54) is 135 Å². The van der Waals surface area contributed by atoms with Crippen molar-refractivity contribution < 1.29 is 63.3 Å². The Labute approximate surface area is 868 Å². The van der Waals surface area contributed by atoms with Gasteiger partial charge in [0, 0.05) is 88.9 Å². The highest BCUT2D eigenvalue weighted by molar-refractivity contribution is 7.93. The van der Waals surface area contributed by atoms with E-state index in [1.54, 1.807) is 55.5 Å². The van der Waals surface area contributed by atoms with E-state index >= 15 is 0 Å². The van der Waals surface area contributed by atoms with Gasteiger partial charge < -0.3 is 47.2 Å². The Bertz CT molecular complexity index is 5840. The zero-order chi connectivity index (χ0) is 105. The lowest BCUT2D eigenvalue weighted by Crippen LogP contribution is -2.49. The zero-order valence-corrected chi connectivity index (χ0v) is 88.8. The fourth-order valence-corrected chi connectivity index (χ4v) is 25.4. The average Bonchev–Trinajstić information content (AvgIpc) is 1.60. The summed E-state index contributed by atoms with van der Waals surface area (Å²) in [5.74, 6) is -3.55. The first-order valence-electron chi connectivity index (χ1n) is 51.6. The van der Waals surface area contributed by atoms with Crippen molar-refractivity contribution in [1.82, 2.24) is 34.4 Å². The van der Waals surface area contributed by atoms with Crippen LogP contribution in [0.5, 0.6) is 0 Å². The van der Waals surface area contributed by atoms with Gasteiger partial charge in [-0.2, -0.15) is 3.89 Å². The highest BCUT2D eigenvalue weighted by Gasteiger charge is 2.54. The van der Waals surface area contributed by atoms with Crippen molar-refractivity contribution in [2.45, 2.75) is 242 Å². The number of amides is 4. The number of carbonyl (C=O) groups excluding carboxylic acids is 4. The topological polar surface area (TPSA) is 267 Å². The van der Waals surface area contributed by atoms with Gasteiger partial charge in [0.1, 0.15) is 29.1 Å². The summed E-state index contributed by atoms with van der Waals surface area (Å²) >= 11 is 0.250. The van der Waals surface area contributed by atoms with Gasteiger partial charge in [-0.05, 0) is 357 Å². The summed E-state index contributed by atoms with van der Waals surface area (Å²) in [6.07, 6.45) is 16.1. The van der Waals surface area contributed by atoms with Crippen molar-refractivity contribution in [1.29, 1.82) is 0 Å². The monoisotopic (exact) mass is 2050 g/mol. The maximum absolute atomic E-state index is 13.3. The lowest BCUT2D eigenvalue weighted by Gasteiger charge is -2.44. The van der Waals surface area contributed by atoms with E-state index < -0.39 is 33.9 Å². The van der Waals surface area contributed by atoms with Gasteiger partial charge in [-0.3, -0.25) is 24.0 Å². The molecule has 0 aromatic heterocycles. The van der Waals surface area contributed by atoms with Crippen LogP contribution < -0.4 is 32.0 Å². The quantitative estimate of drug-likeness (QED) is 0.0500. The van der Waals surface area contributed by atoms with E-state index in [0.717, 1.165) is 171 Å². The Morgan fingerprint density at radius 1 is 0.336 bits per heavy atom. The molecule has 18 nitrogen and oxygen atoms in total. The van der Waals surface area contributed by atoms with E-state index in [-0.39, 0.29) is 155 Å². The third-order valence-electron chi connectivity index (χ3n) is 33.0. The number of piperidine rings is 5. The van der Waals surface area contributed by atoms with Gasteiger partial charge in [-0.15, -0.1) is 0 Å². The number of carboxylic acids is 1. The van der Waals surface area contributed by atoms with Crippen LogP contribution in [0.2, 0.25) is 0 Å². The van der Waals surface area contributed by atoms with Crippen molar-refractivity contribution >= 4 is 63.7 Å². The molecule has 780 valence electrons. The Morgan fingerprint density at radius 3 is 0.747 bits per heavy atom. The highest BCUT2D eigenvalue weighted by Crippen LogP contribution is 2.57. The predicted molar refractivity (Wildman–Crippen MR) is 573 cm³/mol. The van der Waals surface area contributed by atoms with Gasteiger partial charge in [0.2, 0.25) is 23.6 Å². The first-order chi connectivity index (χ1) is 69.6. The van der Waals surface area contributed by atoms with Crippen LogP contribution in [0.15, 0.2) is 243 Å². The molecular weight excluding hydrogens is 1910 g/mol. The number of fused-ring (bicyclic) bond motifs is 5. The zero-order valence-electron chi connectivity index (χ0n) is 86.4. The number of nitrogens with one attached hydrogen (secondary N) is 3. The molecule has 10 aliphatic rings. The standard InChI is InChI=1S/C26H33FN2O2S.3C22H25FN2O.C17H26N2OS.C9H9FO2.CH3FS/c1-18(19-9-11-21(27)12-10-19)24(30)29-15-13-26(14-16-29)17-20-7-5-6-8-22(20)23(26)28-32(31)25(2,3)4;3*1-15(16-6-8-18(23)9-7-16)21(26)25-12-10-22(11-13-25)14-17-4-2-3-5-19(17)20(22)24;1-16(2,3)21(20)19-15-14-7-5-4-6-13(14)12-17(15)8-10-18-11-9-17;1-6(9(11)12)7-2-4-8(10)5-3-7;1-3-2/h5-12,18,23,28H,13-17H2,1-4H3;3*2-9,15,20H,10-14,24H2,1H3;4-7,15,18-19H,8-12H2,1-3H3;2-6H,1H3,(H,11,12);1H3/t18?,23-,32-;15?,20-;15-,20+;15-,20-;15-,21-;;/m11011../s1. The van der Waals surface area contributed by atoms with Crippen LogP contribution in [-0.2, 0) is 78.0 Å². The van der Waals surface area contributed by atoms with Crippen molar-refractivity contribution in [2.75, 3.05) is 71.7 Å². The maximum Gasteiger partial charge on any atom is 0.310 e. The molecule has 5 saturated heterocycles. The number of nitrogens with zero attached hydrogens (tertiary/aromatic N) is 4. The first-order valence-corrected chi connectivity index (χ1v) is 55.0. The Kier molecular flexibility index (Phi) is 36.6. The summed E-state index contributed by atoms with van der Waals surface area (Å²) in [7, 11) is -2.21. The van der Waals surface area contributed by atoms with E-state index in [2.05, 4.69) is 136 Å². The molecule has 10 aromatic rings. The van der Waals surface area contributed by atoms with Crippen molar-refractivity contribution in [3.63, 3.8) is 0 Å². The van der Waals surface area contributed by atoms with Gasteiger partial charge in [0.05, 0.1) is 73.1 Å². The van der Waals surface area contributed by atoms with E-state index in [4.69, 9.17) is 22.3 Å². The van der Waals surface area contributed by atoms with E-state index in [9.17, 15) is 58.2 Å². The van der Waals surface area contributed by atoms with Crippen LogP contribution in [0.4, 0.5) is 25.8 Å². The Balaban J connectivity index is 0.000000140. The number of halogens is 6. The minimum Gasteiger partial charge on any atom is -0.481 e. The van der Waals surface area contributed by atoms with Crippen LogP contribution >= 0.6 is 12.1 Å². The second kappa shape index (κ2) is 48.0. The summed E-state index contributed by atoms with van der Waals surface area (Å²) in [5, 5.41) is 12.1. The molecule has 146 heavy (non-hydrogen) atoms. The van der Waals surface area contributed by atoms with Crippen LogP contribution in [0.3, 0.4) is 0 Å². The minimum atomic E-state index is -1.18. The SMILES string of the molecule is CC(C(=O)N1CCC2(CC1)Cc1ccccc1[C@H]2N)c1ccc(F)cc1.CC(C(=O)N1CCC2(CC1)Cc1ccccc1[C@H]2N[S@](=O)C(C)(C)C)c1ccc(F)cc1.CC(C(=O)O)c1ccc(F)cc1.CC(C)(C)[S@@](=O)N[C@@H]1c2ccccc2CC12CCNCC2.CSF.C[C@@H](C(=O)N1CCC2(CC1)Cc1ccccc1[C@H]2N)c1ccc(F)cc1.C[C@H](C(=O)N1CCC2(CC1)Cc1ccccc1[C@H]2N)c1ccc(F)cc1. The molecule has 10 aromatic carbocycles. The van der Waals surface area contributed by atoms with Crippen molar-refractivity contribution in [3.05, 3.63) is 355 Å². The number of benzene rings is 10. The minimum absolute atomic E-state index is 0.0190. The molecule has 10 N–H and O–H groups in total. The molecule has 4 amide bonds. The summed E-state index contributed by atoms with van der Waals surface area (Å²) in [6.45, 7) is 29.2. The summed E-state index contributed by atoms with van der Waals surface area (Å²) in [4.78, 5) is 70.1. The largest absolute Gasteiger partial charge is 0.481 e. The maximum atomic E-state index is 13.3. The lowest BCUT2D eigenvalue weighted by atomic mass is 9.73. The van der Waals surface area contributed by atoms with Crippen LogP contribution in [0, 0.1) is 56.2 Å². The summed E-state index contributed by atoms with van der Waals surface area (Å²) < 4.78 is 107. The predicted octanol–water partition coefficient (Wildman–Crippen LogP) is 22.2. The van der Waals surface area contributed by atoms with Crippen molar-refractivity contribution in [3.8, 4) is 0 Å². The molecule has 0 radical (unpaired) electrons. The van der Waals surface area contributed by atoms with Gasteiger partial charge in [-0.1, -0.05) is 182 Å². The van der Waals surface area contributed by atoms with Gasteiger partial charge >= 0.3 is 5.97 Å². The molecule has 5 aliphatic heterocycles. The summed E-state index contributed by atoms with van der Waals surface area (Å²) in [6, 6.07) is 73.3. The number of likely N-dealkylation sites (tertiary alicyclic amines) is 4. The van der Waals surface area contributed by atoms with Crippen LogP contribution in [0.25, 0.3) is 0 Å². The number of rotatable bonds is 14. The van der Waals surface area contributed by atoms with Crippen molar-refractivity contribution in [2.24, 2.45) is 44.3 Å². The third-order valence-corrected chi connectivity index (χ3v) is 36.1. The van der Waals surface area contributed by atoms with Crippen LogP contribution in [0.1, 0.15) is 284 Å². The van der Waals surface area contributed by atoms with Crippen LogP contribution in [-0.4, -0.2) is 144 Å². The molecular formula is C119H146F6N10O8S3. The van der Waals surface area contributed by atoms with Gasteiger partial charge in [0.25, 0.3) is 0 Å². The van der Waals surface area contributed by atoms with Gasteiger partial charge in [-0.25, -0.2) is 39.8 Å². The molecule has 27 heteroatoms. The van der Waals surface area contributed by atoms with Gasteiger partial charge in [0.15, 0.2) is 0 Å². The Morgan fingerprint density at radius 2 is 0.527 bits per heavy atom. The molecule has 3 unspecified atom stereocenters. The third kappa shape index (κ3) is 25.5. The molecule has 5 spiro atoms. The normalized spacial score (nSPS) is 21.6. The number of aliphatic carboxylic acids is 1. The highest BCUT2D eigenvalue weighted by atomic mass is 32.2. The second-order valence-electron chi connectivity index (χ2n) is 43.9.